The monoisotopic (exact) mass is 203 g/mol. The van der Waals surface area contributed by atoms with Crippen LogP contribution in [0, 0.1) is 6.92 Å². The topological polar surface area (TPSA) is 0 Å². The molecule has 0 saturated carbocycles. The van der Waals surface area contributed by atoms with E-state index in [1.807, 2.05) is 6.07 Å². The molecule has 15 heavy (non-hydrogen) atoms. The molecule has 0 aromatic heterocycles. The standard InChI is InChI=1S/C15H22/c1-11-7-6-8-12-13(11)15(4,5)10-9-14(12,2)3/h6-8H,9-10H2,1-5H3/i7D. The Morgan fingerprint density at radius 1 is 1.13 bits per heavy atom. The highest BCUT2D eigenvalue weighted by molar-refractivity contribution is 5.45. The molecular formula is C15H22. The first kappa shape index (κ1) is 9.45. The zero-order chi connectivity index (χ0) is 12.1. The number of rotatable bonds is 0. The average molecular weight is 203 g/mol. The van der Waals surface area contributed by atoms with Gasteiger partial charge in [0.1, 0.15) is 0 Å². The summed E-state index contributed by atoms with van der Waals surface area (Å²) in [5.41, 5.74) is 4.55. The van der Waals surface area contributed by atoms with Crippen LogP contribution in [0.3, 0.4) is 0 Å². The summed E-state index contributed by atoms with van der Waals surface area (Å²) in [6, 6.07) is 4.81. The maximum absolute atomic E-state index is 7.97. The van der Waals surface area contributed by atoms with Crippen LogP contribution in [0.15, 0.2) is 18.2 Å². The quantitative estimate of drug-likeness (QED) is 0.588. The van der Waals surface area contributed by atoms with Crippen LogP contribution < -0.4 is 0 Å². The largest absolute Gasteiger partial charge is 0.0626 e. The molecule has 0 unspecified atom stereocenters. The highest BCUT2D eigenvalue weighted by Crippen LogP contribution is 2.46. The van der Waals surface area contributed by atoms with Crippen LogP contribution in [-0.4, -0.2) is 0 Å². The molecule has 0 atom stereocenters. The molecule has 0 amide bonds. The van der Waals surface area contributed by atoms with Gasteiger partial charge in [0.05, 0.1) is 1.37 Å². The third-order valence-electron chi connectivity index (χ3n) is 3.98. The molecule has 2 rings (SSSR count). The van der Waals surface area contributed by atoms with Crippen LogP contribution >= 0.6 is 0 Å². The molecule has 1 aliphatic rings. The summed E-state index contributed by atoms with van der Waals surface area (Å²) in [7, 11) is 0. The molecule has 0 N–H and O–H groups in total. The predicted octanol–water partition coefficient (Wildman–Crippen LogP) is 4.34. The minimum absolute atomic E-state index is 0.228. The van der Waals surface area contributed by atoms with E-state index in [0.29, 0.717) is 6.04 Å². The van der Waals surface area contributed by atoms with Gasteiger partial charge in [-0.3, -0.25) is 0 Å². The normalized spacial score (nSPS) is 23.1. The third kappa shape index (κ3) is 1.60. The van der Waals surface area contributed by atoms with Crippen molar-refractivity contribution in [3.63, 3.8) is 0 Å². The van der Waals surface area contributed by atoms with Gasteiger partial charge in [0.25, 0.3) is 0 Å². The Hall–Kier alpha value is -0.780. The summed E-state index contributed by atoms with van der Waals surface area (Å²) < 4.78 is 7.97. The van der Waals surface area contributed by atoms with Crippen molar-refractivity contribution in [2.24, 2.45) is 0 Å². The lowest BCUT2D eigenvalue weighted by molar-refractivity contribution is 0.330. The van der Waals surface area contributed by atoms with Crippen molar-refractivity contribution in [1.82, 2.24) is 0 Å². The molecular weight excluding hydrogens is 180 g/mol. The van der Waals surface area contributed by atoms with Gasteiger partial charge in [-0.05, 0) is 47.3 Å². The molecule has 82 valence electrons. The van der Waals surface area contributed by atoms with E-state index in [1.165, 1.54) is 29.5 Å². The average Bonchev–Trinajstić information content (AvgIpc) is 2.17. The molecule has 1 aromatic carbocycles. The fourth-order valence-electron chi connectivity index (χ4n) is 2.93. The Bertz CT molecular complexity index is 427. The van der Waals surface area contributed by atoms with E-state index < -0.39 is 0 Å². The van der Waals surface area contributed by atoms with Crippen LogP contribution in [0.25, 0.3) is 0 Å². The Kier molecular flexibility index (Phi) is 1.95. The number of benzene rings is 1. The molecule has 0 nitrogen and oxygen atoms in total. The summed E-state index contributed by atoms with van der Waals surface area (Å²) in [4.78, 5) is 0. The summed E-state index contributed by atoms with van der Waals surface area (Å²) in [6.45, 7) is 11.4. The zero-order valence-electron chi connectivity index (χ0n) is 11.6. The lowest BCUT2D eigenvalue weighted by Crippen LogP contribution is -2.34. The van der Waals surface area contributed by atoms with Gasteiger partial charge in [-0.2, -0.15) is 0 Å². The molecule has 1 aromatic rings. The van der Waals surface area contributed by atoms with Gasteiger partial charge in [0.2, 0.25) is 0 Å². The van der Waals surface area contributed by atoms with Gasteiger partial charge in [-0.1, -0.05) is 45.9 Å². The Balaban J connectivity index is 2.75. The highest BCUT2D eigenvalue weighted by atomic mass is 14.4. The second kappa shape index (κ2) is 3.10. The Morgan fingerprint density at radius 3 is 2.40 bits per heavy atom. The first-order valence-corrected chi connectivity index (χ1v) is 5.87. The second-order valence-electron chi connectivity index (χ2n) is 6.16. The maximum Gasteiger partial charge on any atom is 0.0626 e. The zero-order valence-corrected chi connectivity index (χ0v) is 10.6. The van der Waals surface area contributed by atoms with Crippen molar-refractivity contribution >= 4 is 0 Å². The van der Waals surface area contributed by atoms with Crippen molar-refractivity contribution in [2.75, 3.05) is 0 Å². The first-order valence-electron chi connectivity index (χ1n) is 6.37. The Labute approximate surface area is 95.1 Å². The smallest absolute Gasteiger partial charge is 0.0617 e. The van der Waals surface area contributed by atoms with Crippen molar-refractivity contribution in [2.45, 2.75) is 58.3 Å². The Morgan fingerprint density at radius 2 is 1.73 bits per heavy atom. The molecule has 0 fully saturated rings. The van der Waals surface area contributed by atoms with Gasteiger partial charge < -0.3 is 0 Å². The van der Waals surface area contributed by atoms with Crippen molar-refractivity contribution in [3.8, 4) is 0 Å². The lowest BCUT2D eigenvalue weighted by atomic mass is 9.62. The predicted molar refractivity (Wildman–Crippen MR) is 66.5 cm³/mol. The summed E-state index contributed by atoms with van der Waals surface area (Å²) >= 11 is 0. The molecule has 0 aliphatic heterocycles. The van der Waals surface area contributed by atoms with Crippen molar-refractivity contribution in [1.29, 1.82) is 0 Å². The third-order valence-corrected chi connectivity index (χ3v) is 3.98. The second-order valence-corrected chi connectivity index (χ2v) is 6.16. The van der Waals surface area contributed by atoms with E-state index in [1.54, 1.807) is 0 Å². The van der Waals surface area contributed by atoms with Crippen LogP contribution in [0.1, 0.15) is 58.6 Å². The molecule has 0 saturated heterocycles. The number of hydrogen-bond acceptors (Lipinski definition) is 0. The van der Waals surface area contributed by atoms with E-state index in [-0.39, 0.29) is 10.8 Å². The van der Waals surface area contributed by atoms with Crippen molar-refractivity contribution in [3.05, 3.63) is 34.9 Å². The van der Waals surface area contributed by atoms with Crippen LogP contribution in [0.2, 0.25) is 0 Å². The first-order chi connectivity index (χ1) is 7.26. The minimum atomic E-state index is 0.228. The lowest BCUT2D eigenvalue weighted by Gasteiger charge is -2.42. The van der Waals surface area contributed by atoms with Gasteiger partial charge in [0, 0.05) is 0 Å². The minimum Gasteiger partial charge on any atom is -0.0617 e. The van der Waals surface area contributed by atoms with Crippen LogP contribution in [0.5, 0.6) is 0 Å². The van der Waals surface area contributed by atoms with E-state index >= 15 is 0 Å². The van der Waals surface area contributed by atoms with Crippen LogP contribution in [-0.2, 0) is 10.8 Å². The fraction of sp³-hybridized carbons (Fsp3) is 0.600. The van der Waals surface area contributed by atoms with Gasteiger partial charge in [-0.15, -0.1) is 0 Å². The van der Waals surface area contributed by atoms with E-state index in [2.05, 4.69) is 40.7 Å². The molecule has 0 heteroatoms. The van der Waals surface area contributed by atoms with E-state index in [9.17, 15) is 0 Å². The summed E-state index contributed by atoms with van der Waals surface area (Å²) in [6.07, 6.45) is 2.46. The van der Waals surface area contributed by atoms with Crippen LogP contribution in [0.4, 0.5) is 0 Å². The van der Waals surface area contributed by atoms with Gasteiger partial charge in [0.15, 0.2) is 0 Å². The van der Waals surface area contributed by atoms with E-state index in [4.69, 9.17) is 1.37 Å². The maximum atomic E-state index is 7.97. The molecule has 0 heterocycles. The summed E-state index contributed by atoms with van der Waals surface area (Å²) in [5.74, 6) is 0. The molecule has 0 radical (unpaired) electrons. The SMILES string of the molecule is [2H]c1ccc2c(c1C)C(C)(C)CCC2(C)C. The molecule has 0 spiro atoms. The number of hydrogen-bond donors (Lipinski definition) is 0. The fourth-order valence-corrected chi connectivity index (χ4v) is 2.93. The van der Waals surface area contributed by atoms with Gasteiger partial charge in [-0.25, -0.2) is 0 Å². The molecule has 0 bridgehead atoms. The highest BCUT2D eigenvalue weighted by Gasteiger charge is 2.37. The van der Waals surface area contributed by atoms with E-state index in [0.717, 1.165) is 0 Å². The van der Waals surface area contributed by atoms with Gasteiger partial charge >= 0.3 is 0 Å². The number of fused-ring (bicyclic) bond motifs is 1. The summed E-state index contributed by atoms with van der Waals surface area (Å²) in [5, 5.41) is 0. The van der Waals surface area contributed by atoms with Crippen molar-refractivity contribution < 1.29 is 1.37 Å². The molecule has 1 aliphatic carbocycles.